The molecule has 2 aliphatic rings. The number of nitrogens with zero attached hydrogens (tertiary/aromatic N) is 3. The molecule has 0 radical (unpaired) electrons. The summed E-state index contributed by atoms with van der Waals surface area (Å²) in [5.74, 6) is -1.14. The van der Waals surface area contributed by atoms with E-state index in [1.54, 1.807) is 0 Å². The second-order valence-corrected chi connectivity index (χ2v) is 7.31. The fourth-order valence-corrected chi connectivity index (χ4v) is 3.48. The number of urea groups is 1. The lowest BCUT2D eigenvalue weighted by Gasteiger charge is -2.36. The van der Waals surface area contributed by atoms with Crippen molar-refractivity contribution in [1.82, 2.24) is 14.1 Å². The fourth-order valence-electron chi connectivity index (χ4n) is 2.65. The van der Waals surface area contributed by atoms with Gasteiger partial charge in [0.15, 0.2) is 0 Å². The van der Waals surface area contributed by atoms with Crippen molar-refractivity contribution in [3.8, 4) is 0 Å². The number of aliphatic hydroxyl groups is 1. The number of piperazine rings is 1. The Bertz CT molecular complexity index is 528. The molecule has 2 atom stereocenters. The van der Waals surface area contributed by atoms with Gasteiger partial charge in [-0.1, -0.05) is 0 Å². The zero-order valence-electron chi connectivity index (χ0n) is 11.7. The number of hydrogen-bond acceptors (Lipinski definition) is 5. The predicted octanol–water partition coefficient (Wildman–Crippen LogP) is -1.80. The van der Waals surface area contributed by atoms with E-state index in [1.807, 2.05) is 0 Å². The van der Waals surface area contributed by atoms with Gasteiger partial charge in [0.25, 0.3) is 0 Å². The Morgan fingerprint density at radius 2 is 1.71 bits per heavy atom. The number of β-amino-alcohol motifs (C(OH)–C–C–N with tert-alkyl or cyclic N) is 1. The molecule has 21 heavy (non-hydrogen) atoms. The Balaban J connectivity index is 2.00. The van der Waals surface area contributed by atoms with Gasteiger partial charge in [0, 0.05) is 39.1 Å². The Labute approximate surface area is 122 Å². The minimum Gasteiger partial charge on any atom is -0.480 e. The van der Waals surface area contributed by atoms with E-state index in [4.69, 9.17) is 5.11 Å². The van der Waals surface area contributed by atoms with E-state index in [2.05, 4.69) is 0 Å². The van der Waals surface area contributed by atoms with Crippen LogP contribution in [0.5, 0.6) is 0 Å². The summed E-state index contributed by atoms with van der Waals surface area (Å²) >= 11 is 0. The molecule has 2 N–H and O–H groups in total. The smallest absolute Gasteiger partial charge is 0.326 e. The number of carbonyl (C=O) groups excluding carboxylic acids is 1. The van der Waals surface area contributed by atoms with Crippen LogP contribution in [0.2, 0.25) is 0 Å². The number of aliphatic carboxylic acids is 1. The van der Waals surface area contributed by atoms with Gasteiger partial charge in [-0.3, -0.25) is 0 Å². The number of likely N-dealkylation sites (tertiary alicyclic amines) is 1. The third-order valence-corrected chi connectivity index (χ3v) is 5.09. The second-order valence-electron chi connectivity index (χ2n) is 5.33. The lowest BCUT2D eigenvalue weighted by molar-refractivity contribution is -0.141. The second kappa shape index (κ2) is 5.78. The molecule has 2 amide bonds. The van der Waals surface area contributed by atoms with E-state index in [0.29, 0.717) is 0 Å². The summed E-state index contributed by atoms with van der Waals surface area (Å²) in [7, 11) is -3.28. The molecule has 10 heteroatoms. The number of sulfonamides is 1. The summed E-state index contributed by atoms with van der Waals surface area (Å²) < 4.78 is 24.1. The number of carboxylic acid groups (broad SMARTS) is 1. The molecular weight excluding hydrogens is 302 g/mol. The molecule has 0 spiro atoms. The van der Waals surface area contributed by atoms with Crippen molar-refractivity contribution in [2.45, 2.75) is 18.6 Å². The van der Waals surface area contributed by atoms with Gasteiger partial charge in [-0.2, -0.15) is 4.31 Å². The summed E-state index contributed by atoms with van der Waals surface area (Å²) in [6, 6.07) is -1.49. The minimum absolute atomic E-state index is 0.0118. The Morgan fingerprint density at radius 1 is 1.14 bits per heavy atom. The fraction of sp³-hybridized carbons (Fsp3) is 0.818. The Kier molecular flexibility index (Phi) is 4.40. The number of carbonyl (C=O) groups is 2. The first-order chi connectivity index (χ1) is 9.70. The molecule has 9 nitrogen and oxygen atoms in total. The van der Waals surface area contributed by atoms with Gasteiger partial charge in [0.2, 0.25) is 10.0 Å². The van der Waals surface area contributed by atoms with Gasteiger partial charge < -0.3 is 20.0 Å². The van der Waals surface area contributed by atoms with Gasteiger partial charge >= 0.3 is 12.0 Å². The maximum atomic E-state index is 12.3. The van der Waals surface area contributed by atoms with Crippen LogP contribution in [-0.4, -0.2) is 95.9 Å². The molecule has 120 valence electrons. The van der Waals surface area contributed by atoms with Crippen molar-refractivity contribution in [2.24, 2.45) is 0 Å². The van der Waals surface area contributed by atoms with Gasteiger partial charge in [0.1, 0.15) is 6.04 Å². The SMILES string of the molecule is CS(=O)(=O)N1CCN(C(=O)N2CC(O)CC2C(=O)O)CC1. The molecule has 0 saturated carbocycles. The molecule has 0 aromatic carbocycles. The molecule has 2 fully saturated rings. The summed E-state index contributed by atoms with van der Waals surface area (Å²) in [6.45, 7) is 0.801. The van der Waals surface area contributed by atoms with E-state index < -0.39 is 34.2 Å². The molecular formula is C11H19N3O6S. The number of amides is 2. The van der Waals surface area contributed by atoms with Crippen LogP contribution in [0.25, 0.3) is 0 Å². The van der Waals surface area contributed by atoms with E-state index in [-0.39, 0.29) is 39.1 Å². The maximum Gasteiger partial charge on any atom is 0.326 e. The lowest BCUT2D eigenvalue weighted by Crippen LogP contribution is -2.55. The summed E-state index contributed by atoms with van der Waals surface area (Å²) in [6.07, 6.45) is 0.291. The van der Waals surface area contributed by atoms with Crippen LogP contribution >= 0.6 is 0 Å². The van der Waals surface area contributed by atoms with Crippen molar-refractivity contribution in [1.29, 1.82) is 0 Å². The molecule has 0 aliphatic carbocycles. The quantitative estimate of drug-likeness (QED) is 0.620. The number of carboxylic acids is 1. The highest BCUT2D eigenvalue weighted by atomic mass is 32.2. The highest BCUT2D eigenvalue weighted by molar-refractivity contribution is 7.88. The van der Waals surface area contributed by atoms with Crippen molar-refractivity contribution < 1.29 is 28.2 Å². The zero-order chi connectivity index (χ0) is 15.8. The van der Waals surface area contributed by atoms with Crippen LogP contribution in [0.15, 0.2) is 0 Å². The minimum atomic E-state index is -3.28. The first-order valence-corrected chi connectivity index (χ1v) is 8.46. The molecule has 2 saturated heterocycles. The van der Waals surface area contributed by atoms with Crippen molar-refractivity contribution >= 4 is 22.0 Å². The van der Waals surface area contributed by atoms with E-state index >= 15 is 0 Å². The number of hydrogen-bond donors (Lipinski definition) is 2. The predicted molar refractivity (Wildman–Crippen MR) is 72.1 cm³/mol. The standard InChI is InChI=1S/C11H19N3O6S/c1-21(19,20)13-4-2-12(3-5-13)11(18)14-7-8(15)6-9(14)10(16)17/h8-9,15H,2-7H2,1H3,(H,16,17). The molecule has 2 aliphatic heterocycles. The monoisotopic (exact) mass is 321 g/mol. The van der Waals surface area contributed by atoms with Gasteiger partial charge in [-0.25, -0.2) is 18.0 Å². The normalized spacial score (nSPS) is 27.9. The first-order valence-electron chi connectivity index (χ1n) is 6.61. The summed E-state index contributed by atoms with van der Waals surface area (Å²) in [5, 5.41) is 18.6. The first kappa shape index (κ1) is 16.0. The number of aliphatic hydroxyl groups excluding tert-OH is 1. The van der Waals surface area contributed by atoms with Crippen molar-refractivity contribution in [3.63, 3.8) is 0 Å². The van der Waals surface area contributed by atoms with Crippen molar-refractivity contribution in [2.75, 3.05) is 39.0 Å². The van der Waals surface area contributed by atoms with Crippen LogP contribution in [0.4, 0.5) is 4.79 Å². The van der Waals surface area contributed by atoms with Crippen LogP contribution in [0.3, 0.4) is 0 Å². The lowest BCUT2D eigenvalue weighted by atomic mass is 10.2. The van der Waals surface area contributed by atoms with Crippen LogP contribution in [0.1, 0.15) is 6.42 Å². The molecule has 2 heterocycles. The molecule has 0 bridgehead atoms. The Hall–Kier alpha value is -1.39. The molecule has 0 aromatic heterocycles. The largest absolute Gasteiger partial charge is 0.480 e. The third kappa shape index (κ3) is 3.44. The zero-order valence-corrected chi connectivity index (χ0v) is 12.5. The third-order valence-electron chi connectivity index (χ3n) is 3.79. The summed E-state index contributed by atoms with van der Waals surface area (Å²) in [4.78, 5) is 26.0. The van der Waals surface area contributed by atoms with Crippen LogP contribution in [-0.2, 0) is 14.8 Å². The average Bonchev–Trinajstić information content (AvgIpc) is 2.79. The highest BCUT2D eigenvalue weighted by Gasteiger charge is 2.41. The van der Waals surface area contributed by atoms with Crippen molar-refractivity contribution in [3.05, 3.63) is 0 Å². The van der Waals surface area contributed by atoms with Crippen LogP contribution in [0, 0.1) is 0 Å². The number of rotatable bonds is 2. The maximum absolute atomic E-state index is 12.3. The average molecular weight is 321 g/mol. The van der Waals surface area contributed by atoms with E-state index in [1.165, 1.54) is 9.21 Å². The molecule has 0 aromatic rings. The van der Waals surface area contributed by atoms with Crippen LogP contribution < -0.4 is 0 Å². The Morgan fingerprint density at radius 3 is 2.19 bits per heavy atom. The van der Waals surface area contributed by atoms with Gasteiger partial charge in [-0.15, -0.1) is 0 Å². The van der Waals surface area contributed by atoms with Gasteiger partial charge in [0.05, 0.1) is 12.4 Å². The summed E-state index contributed by atoms with van der Waals surface area (Å²) in [5.41, 5.74) is 0. The highest BCUT2D eigenvalue weighted by Crippen LogP contribution is 2.21. The molecule has 2 unspecified atom stereocenters. The molecule has 2 rings (SSSR count). The topological polar surface area (TPSA) is 118 Å². The van der Waals surface area contributed by atoms with E-state index in [9.17, 15) is 23.1 Å². The van der Waals surface area contributed by atoms with Gasteiger partial charge in [-0.05, 0) is 0 Å². The van der Waals surface area contributed by atoms with E-state index in [0.717, 1.165) is 11.2 Å².